The highest BCUT2D eigenvalue weighted by Crippen LogP contribution is 2.19. The molecule has 2 aromatic carbocycles. The van der Waals surface area contributed by atoms with E-state index in [1.807, 2.05) is 36.5 Å². The maximum absolute atomic E-state index is 12.3. The van der Waals surface area contributed by atoms with Crippen LogP contribution in [0.3, 0.4) is 0 Å². The lowest BCUT2D eigenvalue weighted by Crippen LogP contribution is -2.45. The van der Waals surface area contributed by atoms with Crippen molar-refractivity contribution in [3.63, 3.8) is 0 Å². The molecule has 6 heteroatoms. The second-order valence-corrected chi connectivity index (χ2v) is 5.68. The largest absolute Gasteiger partial charge is 0.368 e. The predicted octanol–water partition coefficient (Wildman–Crippen LogP) is 1.87. The molecule has 0 saturated carbocycles. The number of primary amides is 1. The molecule has 2 amide bonds. The van der Waals surface area contributed by atoms with E-state index in [1.54, 1.807) is 12.1 Å². The maximum atomic E-state index is 12.3. The molecule has 0 bridgehead atoms. The standard InChI is InChI=1S/C19H16N4O2/c20-10-12-5-7-13(8-6-12)19(25)23-17(18(21)24)9-14-11-22-16-4-2-1-3-15(14)16/h1-8,11,17,22H,9H2,(H2,21,24)(H,23,25)/t17-/m1/s1. The van der Waals surface area contributed by atoms with E-state index >= 15 is 0 Å². The first-order valence-electron chi connectivity index (χ1n) is 7.74. The van der Waals surface area contributed by atoms with Crippen LogP contribution in [-0.4, -0.2) is 22.8 Å². The number of para-hydroxylation sites is 1. The molecule has 0 aliphatic heterocycles. The van der Waals surface area contributed by atoms with Crippen molar-refractivity contribution in [2.24, 2.45) is 5.73 Å². The Morgan fingerprint density at radius 1 is 1.16 bits per heavy atom. The summed E-state index contributed by atoms with van der Waals surface area (Å²) in [4.78, 5) is 27.3. The lowest BCUT2D eigenvalue weighted by molar-refractivity contribution is -0.119. The van der Waals surface area contributed by atoms with Crippen LogP contribution in [0.5, 0.6) is 0 Å². The first kappa shape index (κ1) is 16.3. The summed E-state index contributed by atoms with van der Waals surface area (Å²) in [6.45, 7) is 0. The van der Waals surface area contributed by atoms with E-state index in [2.05, 4.69) is 10.3 Å². The minimum Gasteiger partial charge on any atom is -0.368 e. The van der Waals surface area contributed by atoms with E-state index in [4.69, 9.17) is 11.0 Å². The number of nitrogens with one attached hydrogen (secondary N) is 2. The van der Waals surface area contributed by atoms with Crippen molar-refractivity contribution < 1.29 is 9.59 Å². The summed E-state index contributed by atoms with van der Waals surface area (Å²) in [6, 6.07) is 15.0. The summed E-state index contributed by atoms with van der Waals surface area (Å²) in [6.07, 6.45) is 2.11. The van der Waals surface area contributed by atoms with Gasteiger partial charge in [0.25, 0.3) is 5.91 Å². The smallest absolute Gasteiger partial charge is 0.251 e. The van der Waals surface area contributed by atoms with Crippen molar-refractivity contribution in [3.8, 4) is 6.07 Å². The number of hydrogen-bond donors (Lipinski definition) is 3. The number of hydrogen-bond acceptors (Lipinski definition) is 3. The minimum absolute atomic E-state index is 0.293. The van der Waals surface area contributed by atoms with Crippen LogP contribution in [-0.2, 0) is 11.2 Å². The highest BCUT2D eigenvalue weighted by molar-refractivity contribution is 5.97. The molecule has 3 rings (SSSR count). The number of rotatable bonds is 5. The number of amides is 2. The van der Waals surface area contributed by atoms with Gasteiger partial charge in [0.05, 0.1) is 11.6 Å². The topological polar surface area (TPSA) is 112 Å². The van der Waals surface area contributed by atoms with E-state index in [0.29, 0.717) is 17.5 Å². The van der Waals surface area contributed by atoms with E-state index in [9.17, 15) is 9.59 Å². The van der Waals surface area contributed by atoms with Crippen molar-refractivity contribution in [1.29, 1.82) is 5.26 Å². The third kappa shape index (κ3) is 3.51. The molecule has 0 unspecified atom stereocenters. The van der Waals surface area contributed by atoms with Crippen molar-refractivity contribution in [1.82, 2.24) is 10.3 Å². The Morgan fingerprint density at radius 2 is 1.88 bits per heavy atom. The lowest BCUT2D eigenvalue weighted by atomic mass is 10.0. The fraction of sp³-hybridized carbons (Fsp3) is 0.105. The van der Waals surface area contributed by atoms with Gasteiger partial charge in [0.1, 0.15) is 6.04 Å². The molecule has 4 N–H and O–H groups in total. The van der Waals surface area contributed by atoms with Crippen LogP contribution in [0.1, 0.15) is 21.5 Å². The van der Waals surface area contributed by atoms with Gasteiger partial charge >= 0.3 is 0 Å². The van der Waals surface area contributed by atoms with Gasteiger partial charge in [-0.3, -0.25) is 9.59 Å². The highest BCUT2D eigenvalue weighted by atomic mass is 16.2. The van der Waals surface area contributed by atoms with Crippen molar-refractivity contribution in [2.45, 2.75) is 12.5 Å². The van der Waals surface area contributed by atoms with Crippen LogP contribution in [0.25, 0.3) is 10.9 Å². The molecule has 0 radical (unpaired) electrons. The molecule has 0 aliphatic rings. The van der Waals surface area contributed by atoms with Crippen molar-refractivity contribution >= 4 is 22.7 Å². The monoisotopic (exact) mass is 332 g/mol. The summed E-state index contributed by atoms with van der Waals surface area (Å²) in [5, 5.41) is 12.5. The maximum Gasteiger partial charge on any atom is 0.251 e. The number of carbonyl (C=O) groups is 2. The fourth-order valence-corrected chi connectivity index (χ4v) is 2.68. The fourth-order valence-electron chi connectivity index (χ4n) is 2.68. The molecule has 124 valence electrons. The highest BCUT2D eigenvalue weighted by Gasteiger charge is 2.21. The number of fused-ring (bicyclic) bond motifs is 1. The SMILES string of the molecule is N#Cc1ccc(C(=O)N[C@H](Cc2c[nH]c3ccccc23)C(N)=O)cc1. The Bertz CT molecular complexity index is 967. The molecular weight excluding hydrogens is 316 g/mol. The Labute approximate surface area is 144 Å². The molecule has 6 nitrogen and oxygen atoms in total. The number of H-pyrrole nitrogens is 1. The van der Waals surface area contributed by atoms with Crippen LogP contribution in [0.2, 0.25) is 0 Å². The number of benzene rings is 2. The summed E-state index contributed by atoms with van der Waals surface area (Å²) >= 11 is 0. The number of aromatic nitrogens is 1. The van der Waals surface area contributed by atoms with Gasteiger partial charge in [0.2, 0.25) is 5.91 Å². The zero-order chi connectivity index (χ0) is 17.8. The van der Waals surface area contributed by atoms with E-state index in [-0.39, 0.29) is 0 Å². The average molecular weight is 332 g/mol. The van der Waals surface area contributed by atoms with Crippen LogP contribution < -0.4 is 11.1 Å². The number of nitrogens with zero attached hydrogens (tertiary/aromatic N) is 1. The minimum atomic E-state index is -0.831. The molecule has 25 heavy (non-hydrogen) atoms. The molecule has 1 aromatic heterocycles. The number of nitrogens with two attached hydrogens (primary N) is 1. The number of aromatic amines is 1. The van der Waals surface area contributed by atoms with E-state index in [1.165, 1.54) is 12.1 Å². The summed E-state index contributed by atoms with van der Waals surface area (Å²) in [7, 11) is 0. The zero-order valence-electron chi connectivity index (χ0n) is 13.3. The Balaban J connectivity index is 1.78. The van der Waals surface area contributed by atoms with Crippen LogP contribution in [0.4, 0.5) is 0 Å². The summed E-state index contributed by atoms with van der Waals surface area (Å²) in [5.74, 6) is -1.01. The van der Waals surface area contributed by atoms with Gasteiger partial charge in [-0.2, -0.15) is 5.26 Å². The lowest BCUT2D eigenvalue weighted by Gasteiger charge is -2.15. The van der Waals surface area contributed by atoms with Gasteiger partial charge < -0.3 is 16.0 Å². The van der Waals surface area contributed by atoms with Gasteiger partial charge in [0, 0.05) is 29.1 Å². The van der Waals surface area contributed by atoms with Gasteiger partial charge in [0.15, 0.2) is 0 Å². The van der Waals surface area contributed by atoms with Crippen LogP contribution >= 0.6 is 0 Å². The molecular formula is C19H16N4O2. The van der Waals surface area contributed by atoms with Gasteiger partial charge in [-0.25, -0.2) is 0 Å². The zero-order valence-corrected chi connectivity index (χ0v) is 13.3. The average Bonchev–Trinajstić information content (AvgIpc) is 3.04. The quantitative estimate of drug-likeness (QED) is 0.663. The van der Waals surface area contributed by atoms with E-state index < -0.39 is 17.9 Å². The molecule has 1 atom stereocenters. The molecule has 0 spiro atoms. The Morgan fingerprint density at radius 3 is 2.56 bits per heavy atom. The molecule has 3 aromatic rings. The molecule has 1 heterocycles. The number of carbonyl (C=O) groups excluding carboxylic acids is 2. The van der Waals surface area contributed by atoms with Crippen LogP contribution in [0, 0.1) is 11.3 Å². The first-order chi connectivity index (χ1) is 12.1. The van der Waals surface area contributed by atoms with Gasteiger partial charge in [-0.1, -0.05) is 18.2 Å². The second kappa shape index (κ2) is 6.89. The summed E-state index contributed by atoms with van der Waals surface area (Å²) in [5.41, 5.74) is 8.15. The number of nitriles is 1. The second-order valence-electron chi connectivity index (χ2n) is 5.68. The third-order valence-corrected chi connectivity index (χ3v) is 4.02. The Hall–Kier alpha value is -3.59. The van der Waals surface area contributed by atoms with Crippen LogP contribution in [0.15, 0.2) is 54.7 Å². The van der Waals surface area contributed by atoms with Crippen molar-refractivity contribution in [2.75, 3.05) is 0 Å². The normalized spacial score (nSPS) is 11.6. The van der Waals surface area contributed by atoms with E-state index in [0.717, 1.165) is 16.5 Å². The molecule has 0 saturated heterocycles. The van der Waals surface area contributed by atoms with Gasteiger partial charge in [-0.15, -0.1) is 0 Å². The third-order valence-electron chi connectivity index (χ3n) is 4.02. The molecule has 0 fully saturated rings. The first-order valence-corrected chi connectivity index (χ1v) is 7.74. The van der Waals surface area contributed by atoms with Crippen molar-refractivity contribution in [3.05, 3.63) is 71.4 Å². The summed E-state index contributed by atoms with van der Waals surface area (Å²) < 4.78 is 0. The predicted molar refractivity (Wildman–Crippen MR) is 93.6 cm³/mol. The van der Waals surface area contributed by atoms with Gasteiger partial charge in [-0.05, 0) is 35.9 Å². The molecule has 0 aliphatic carbocycles. The Kier molecular flexibility index (Phi) is 4.48.